The van der Waals surface area contributed by atoms with E-state index in [1.165, 1.54) is 89.9 Å². The SMILES string of the molecule is CCCCCCC[C@H]1CC[C@H](C2CCC(C#Cc3ccc(CCC)c(F)c3)CC2)CC1. The Balaban J connectivity index is 1.36. The van der Waals surface area contributed by atoms with E-state index in [2.05, 4.69) is 25.7 Å². The summed E-state index contributed by atoms with van der Waals surface area (Å²) in [5.74, 6) is 10.1. The lowest BCUT2D eigenvalue weighted by Crippen LogP contribution is -2.25. The van der Waals surface area contributed by atoms with Gasteiger partial charge in [0.15, 0.2) is 0 Å². The molecule has 1 aromatic carbocycles. The average molecular weight is 425 g/mol. The highest BCUT2D eigenvalue weighted by molar-refractivity contribution is 5.37. The predicted molar refractivity (Wildman–Crippen MR) is 132 cm³/mol. The highest BCUT2D eigenvalue weighted by atomic mass is 19.1. The Morgan fingerprint density at radius 3 is 2.13 bits per heavy atom. The van der Waals surface area contributed by atoms with E-state index < -0.39 is 0 Å². The zero-order valence-electron chi connectivity index (χ0n) is 20.2. The van der Waals surface area contributed by atoms with Crippen LogP contribution in [0.2, 0.25) is 0 Å². The fraction of sp³-hybridized carbons (Fsp3) is 0.733. The second-order valence-electron chi connectivity index (χ2n) is 10.4. The van der Waals surface area contributed by atoms with Crippen LogP contribution in [0.5, 0.6) is 0 Å². The number of unbranched alkanes of at least 4 members (excludes halogenated alkanes) is 4. The molecular formula is C30H45F. The maximum atomic E-state index is 14.1. The van der Waals surface area contributed by atoms with Crippen molar-refractivity contribution in [3.63, 3.8) is 0 Å². The van der Waals surface area contributed by atoms with E-state index in [0.717, 1.165) is 41.7 Å². The molecule has 0 amide bonds. The van der Waals surface area contributed by atoms with Crippen LogP contribution in [0, 0.1) is 41.3 Å². The van der Waals surface area contributed by atoms with E-state index >= 15 is 0 Å². The van der Waals surface area contributed by atoms with Crippen molar-refractivity contribution in [2.24, 2.45) is 23.7 Å². The van der Waals surface area contributed by atoms with Crippen molar-refractivity contribution < 1.29 is 4.39 Å². The van der Waals surface area contributed by atoms with Crippen LogP contribution in [0.25, 0.3) is 0 Å². The summed E-state index contributed by atoms with van der Waals surface area (Å²) in [6, 6.07) is 5.54. The average Bonchev–Trinajstić information content (AvgIpc) is 2.80. The molecule has 2 aliphatic rings. The van der Waals surface area contributed by atoms with Crippen molar-refractivity contribution in [1.82, 2.24) is 0 Å². The second kappa shape index (κ2) is 13.3. The molecule has 2 aliphatic carbocycles. The summed E-state index contributed by atoms with van der Waals surface area (Å²) in [6.45, 7) is 4.39. The van der Waals surface area contributed by atoms with Gasteiger partial charge >= 0.3 is 0 Å². The largest absolute Gasteiger partial charge is 0.207 e. The third-order valence-electron chi connectivity index (χ3n) is 8.04. The lowest BCUT2D eigenvalue weighted by molar-refractivity contribution is 0.153. The summed E-state index contributed by atoms with van der Waals surface area (Å²) in [6.07, 6.45) is 21.5. The van der Waals surface area contributed by atoms with E-state index in [0.29, 0.717) is 5.92 Å². The highest BCUT2D eigenvalue weighted by Crippen LogP contribution is 2.42. The van der Waals surface area contributed by atoms with Crippen molar-refractivity contribution in [3.8, 4) is 11.8 Å². The zero-order chi connectivity index (χ0) is 21.9. The van der Waals surface area contributed by atoms with Gasteiger partial charge in [-0.2, -0.15) is 0 Å². The Morgan fingerprint density at radius 2 is 1.48 bits per heavy atom. The zero-order valence-corrected chi connectivity index (χ0v) is 20.2. The van der Waals surface area contributed by atoms with Gasteiger partial charge in [0.1, 0.15) is 5.82 Å². The Hall–Kier alpha value is -1.29. The van der Waals surface area contributed by atoms with E-state index in [1.54, 1.807) is 6.07 Å². The molecule has 0 aliphatic heterocycles. The van der Waals surface area contributed by atoms with Gasteiger partial charge in [0.2, 0.25) is 0 Å². The maximum absolute atomic E-state index is 14.1. The molecule has 0 unspecified atom stereocenters. The maximum Gasteiger partial charge on any atom is 0.127 e. The number of halogens is 1. The number of aryl methyl sites for hydroxylation is 1. The fourth-order valence-electron chi connectivity index (χ4n) is 6.00. The van der Waals surface area contributed by atoms with Crippen LogP contribution in [-0.2, 0) is 6.42 Å². The summed E-state index contributed by atoms with van der Waals surface area (Å²) >= 11 is 0. The number of benzene rings is 1. The van der Waals surface area contributed by atoms with Crippen LogP contribution < -0.4 is 0 Å². The fourth-order valence-corrected chi connectivity index (χ4v) is 6.00. The molecule has 0 nitrogen and oxygen atoms in total. The summed E-state index contributed by atoms with van der Waals surface area (Å²) < 4.78 is 14.1. The number of hydrogen-bond donors (Lipinski definition) is 0. The van der Waals surface area contributed by atoms with Crippen LogP contribution in [0.4, 0.5) is 4.39 Å². The van der Waals surface area contributed by atoms with Gasteiger partial charge in [-0.25, -0.2) is 4.39 Å². The van der Waals surface area contributed by atoms with Gasteiger partial charge in [0.25, 0.3) is 0 Å². The monoisotopic (exact) mass is 424 g/mol. The first-order valence-corrected chi connectivity index (χ1v) is 13.5. The Labute approximate surface area is 191 Å². The van der Waals surface area contributed by atoms with Gasteiger partial charge in [-0.15, -0.1) is 0 Å². The van der Waals surface area contributed by atoms with Crippen molar-refractivity contribution in [3.05, 3.63) is 35.1 Å². The number of rotatable bonds is 9. The van der Waals surface area contributed by atoms with Crippen molar-refractivity contribution in [2.45, 2.75) is 117 Å². The van der Waals surface area contributed by atoms with Crippen molar-refractivity contribution in [1.29, 1.82) is 0 Å². The van der Waals surface area contributed by atoms with Crippen LogP contribution in [0.3, 0.4) is 0 Å². The van der Waals surface area contributed by atoms with Crippen LogP contribution in [0.15, 0.2) is 18.2 Å². The molecule has 0 spiro atoms. The molecule has 3 rings (SSSR count). The summed E-state index contributed by atoms with van der Waals surface area (Å²) in [5, 5.41) is 0. The molecule has 2 fully saturated rings. The summed E-state index contributed by atoms with van der Waals surface area (Å²) in [4.78, 5) is 0. The smallest absolute Gasteiger partial charge is 0.127 e. The predicted octanol–water partition coefficient (Wildman–Crippen LogP) is 9.10. The molecule has 0 saturated heterocycles. The number of hydrogen-bond acceptors (Lipinski definition) is 0. The van der Waals surface area contributed by atoms with Gasteiger partial charge < -0.3 is 0 Å². The second-order valence-corrected chi connectivity index (χ2v) is 10.4. The minimum atomic E-state index is -0.0890. The first-order valence-electron chi connectivity index (χ1n) is 13.5. The molecule has 0 atom stereocenters. The van der Waals surface area contributed by atoms with Crippen LogP contribution in [-0.4, -0.2) is 0 Å². The lowest BCUT2D eigenvalue weighted by Gasteiger charge is -2.37. The molecule has 0 radical (unpaired) electrons. The molecule has 2 saturated carbocycles. The molecule has 0 bridgehead atoms. The van der Waals surface area contributed by atoms with Crippen LogP contribution in [0.1, 0.15) is 121 Å². The first-order chi connectivity index (χ1) is 15.2. The van der Waals surface area contributed by atoms with Crippen molar-refractivity contribution >= 4 is 0 Å². The first kappa shape index (κ1) is 24.4. The molecule has 31 heavy (non-hydrogen) atoms. The Bertz CT molecular complexity index is 693. The van der Waals surface area contributed by atoms with E-state index in [-0.39, 0.29) is 5.82 Å². The highest BCUT2D eigenvalue weighted by Gasteiger charge is 2.30. The lowest BCUT2D eigenvalue weighted by atomic mass is 9.69. The topological polar surface area (TPSA) is 0 Å². The van der Waals surface area contributed by atoms with Gasteiger partial charge in [-0.05, 0) is 80.4 Å². The molecule has 1 aromatic rings. The molecular weight excluding hydrogens is 379 g/mol. The molecule has 0 aromatic heterocycles. The Morgan fingerprint density at radius 1 is 0.806 bits per heavy atom. The summed E-state index contributed by atoms with van der Waals surface area (Å²) in [5.41, 5.74) is 1.66. The quantitative estimate of drug-likeness (QED) is 0.274. The Kier molecular flexibility index (Phi) is 10.5. The van der Waals surface area contributed by atoms with E-state index in [4.69, 9.17) is 0 Å². The van der Waals surface area contributed by atoms with Gasteiger partial charge in [0, 0.05) is 11.5 Å². The molecule has 0 N–H and O–H groups in total. The molecule has 0 heterocycles. The van der Waals surface area contributed by atoms with Gasteiger partial charge in [-0.1, -0.05) is 89.5 Å². The van der Waals surface area contributed by atoms with E-state index in [9.17, 15) is 4.39 Å². The minimum Gasteiger partial charge on any atom is -0.207 e. The third-order valence-corrected chi connectivity index (χ3v) is 8.04. The minimum absolute atomic E-state index is 0.0890. The van der Waals surface area contributed by atoms with Gasteiger partial charge in [0.05, 0.1) is 0 Å². The third kappa shape index (κ3) is 7.97. The van der Waals surface area contributed by atoms with E-state index in [1.807, 2.05) is 12.1 Å². The standard InChI is InChI=1S/C30H45F/c1-3-5-6-7-8-10-24-13-18-27(19-14-24)28-20-15-25(16-21-28)11-12-26-17-22-29(9-4-2)30(31)23-26/h17,22-25,27-28H,3-10,13-16,18-21H2,1-2H3/t24-,25?,27-,28?. The van der Waals surface area contributed by atoms with Crippen LogP contribution >= 0.6 is 0 Å². The normalized spacial score (nSPS) is 26.3. The van der Waals surface area contributed by atoms with Crippen molar-refractivity contribution in [2.75, 3.05) is 0 Å². The molecule has 172 valence electrons. The van der Waals surface area contributed by atoms with Gasteiger partial charge in [-0.3, -0.25) is 0 Å². The molecule has 1 heteroatoms. The summed E-state index contributed by atoms with van der Waals surface area (Å²) in [7, 11) is 0.